The van der Waals surface area contributed by atoms with E-state index in [2.05, 4.69) is 102 Å². The molecule has 0 unspecified atom stereocenters. The molecular formula is C29H25NO. The van der Waals surface area contributed by atoms with Crippen molar-refractivity contribution < 1.29 is 4.74 Å². The van der Waals surface area contributed by atoms with E-state index in [0.717, 1.165) is 17.7 Å². The SMILES string of the molecule is Cc1cc2c(OCc3ccccc3)cccn2c1Cc1ccccc1-c1ccccc1. The van der Waals surface area contributed by atoms with Gasteiger partial charge in [0, 0.05) is 18.3 Å². The fourth-order valence-electron chi connectivity index (χ4n) is 4.19. The molecule has 0 aliphatic carbocycles. The second kappa shape index (κ2) is 8.53. The molecule has 2 heteroatoms. The van der Waals surface area contributed by atoms with Crippen molar-refractivity contribution >= 4 is 5.52 Å². The Morgan fingerprint density at radius 1 is 0.742 bits per heavy atom. The van der Waals surface area contributed by atoms with E-state index in [1.165, 1.54) is 33.5 Å². The fourth-order valence-corrected chi connectivity index (χ4v) is 4.19. The van der Waals surface area contributed by atoms with Gasteiger partial charge in [-0.15, -0.1) is 0 Å². The lowest BCUT2D eigenvalue weighted by atomic mass is 9.96. The van der Waals surface area contributed by atoms with Gasteiger partial charge in [-0.05, 0) is 52.9 Å². The summed E-state index contributed by atoms with van der Waals surface area (Å²) in [6.45, 7) is 2.76. The minimum Gasteiger partial charge on any atom is -0.487 e. The van der Waals surface area contributed by atoms with E-state index in [1.807, 2.05) is 18.2 Å². The van der Waals surface area contributed by atoms with Crippen LogP contribution < -0.4 is 4.74 Å². The summed E-state index contributed by atoms with van der Waals surface area (Å²) < 4.78 is 8.47. The standard InChI is InChI=1S/C29H25NO/c1-22-19-28-29(31-21-23-11-4-2-5-12-23)17-10-18-30(28)27(22)20-25-15-8-9-16-26(25)24-13-6-3-7-14-24/h2-19H,20-21H2,1H3. The van der Waals surface area contributed by atoms with Crippen molar-refractivity contribution in [3.8, 4) is 16.9 Å². The number of rotatable bonds is 6. The van der Waals surface area contributed by atoms with Crippen LogP contribution in [0.3, 0.4) is 0 Å². The second-order valence-corrected chi connectivity index (χ2v) is 7.88. The molecule has 0 spiro atoms. The van der Waals surface area contributed by atoms with Gasteiger partial charge < -0.3 is 9.14 Å². The maximum atomic E-state index is 6.20. The maximum Gasteiger partial charge on any atom is 0.143 e. The predicted molar refractivity (Wildman–Crippen MR) is 128 cm³/mol. The van der Waals surface area contributed by atoms with Crippen LogP contribution in [0.25, 0.3) is 16.6 Å². The molecule has 0 aliphatic heterocycles. The molecular weight excluding hydrogens is 378 g/mol. The van der Waals surface area contributed by atoms with Crippen molar-refractivity contribution in [1.82, 2.24) is 4.40 Å². The van der Waals surface area contributed by atoms with Crippen molar-refractivity contribution in [2.24, 2.45) is 0 Å². The van der Waals surface area contributed by atoms with Crippen molar-refractivity contribution in [3.63, 3.8) is 0 Å². The first-order valence-electron chi connectivity index (χ1n) is 10.7. The molecule has 0 saturated heterocycles. The quantitative estimate of drug-likeness (QED) is 0.295. The van der Waals surface area contributed by atoms with Crippen LogP contribution in [0.2, 0.25) is 0 Å². The normalized spacial score (nSPS) is 11.0. The van der Waals surface area contributed by atoms with E-state index in [0.29, 0.717) is 6.61 Å². The molecule has 0 N–H and O–H groups in total. The third-order valence-electron chi connectivity index (χ3n) is 5.79. The highest BCUT2D eigenvalue weighted by Crippen LogP contribution is 2.30. The van der Waals surface area contributed by atoms with Crippen molar-refractivity contribution in [2.75, 3.05) is 0 Å². The molecule has 2 aromatic heterocycles. The van der Waals surface area contributed by atoms with Gasteiger partial charge >= 0.3 is 0 Å². The zero-order chi connectivity index (χ0) is 21.0. The molecule has 3 aromatic carbocycles. The second-order valence-electron chi connectivity index (χ2n) is 7.88. The topological polar surface area (TPSA) is 13.6 Å². The molecule has 0 fully saturated rings. The highest BCUT2D eigenvalue weighted by Gasteiger charge is 2.13. The molecule has 0 radical (unpaired) electrons. The minimum atomic E-state index is 0.566. The van der Waals surface area contributed by atoms with Crippen LogP contribution >= 0.6 is 0 Å². The Kier molecular flexibility index (Phi) is 5.28. The number of aromatic nitrogens is 1. The largest absolute Gasteiger partial charge is 0.487 e. The summed E-state index contributed by atoms with van der Waals surface area (Å²) in [4.78, 5) is 0. The molecule has 0 saturated carbocycles. The van der Waals surface area contributed by atoms with Gasteiger partial charge in [0.05, 0.1) is 5.52 Å². The van der Waals surface area contributed by atoms with E-state index >= 15 is 0 Å². The molecule has 0 bridgehead atoms. The molecule has 2 nitrogen and oxygen atoms in total. The van der Waals surface area contributed by atoms with Crippen LogP contribution in [0.5, 0.6) is 5.75 Å². The van der Waals surface area contributed by atoms with Gasteiger partial charge in [-0.2, -0.15) is 0 Å². The zero-order valence-corrected chi connectivity index (χ0v) is 17.7. The van der Waals surface area contributed by atoms with Gasteiger partial charge in [0.15, 0.2) is 0 Å². The molecule has 5 aromatic rings. The highest BCUT2D eigenvalue weighted by atomic mass is 16.5. The lowest BCUT2D eigenvalue weighted by Gasteiger charge is -2.12. The monoisotopic (exact) mass is 403 g/mol. The summed E-state index contributed by atoms with van der Waals surface area (Å²) in [5, 5.41) is 0. The van der Waals surface area contributed by atoms with Crippen molar-refractivity contribution in [1.29, 1.82) is 0 Å². The Balaban J connectivity index is 1.49. The number of aryl methyl sites for hydroxylation is 1. The van der Waals surface area contributed by atoms with Crippen LogP contribution in [0, 0.1) is 6.92 Å². The summed E-state index contributed by atoms with van der Waals surface area (Å²) in [7, 11) is 0. The van der Waals surface area contributed by atoms with Crippen molar-refractivity contribution in [2.45, 2.75) is 20.0 Å². The van der Waals surface area contributed by atoms with E-state index in [4.69, 9.17) is 4.74 Å². The third-order valence-corrected chi connectivity index (χ3v) is 5.79. The molecule has 0 atom stereocenters. The third kappa shape index (κ3) is 3.97. The Hall–Kier alpha value is -3.78. The van der Waals surface area contributed by atoms with E-state index in [-0.39, 0.29) is 0 Å². The Morgan fingerprint density at radius 2 is 1.45 bits per heavy atom. The molecule has 152 valence electrons. The van der Waals surface area contributed by atoms with Gasteiger partial charge in [0.25, 0.3) is 0 Å². The van der Waals surface area contributed by atoms with Crippen molar-refractivity contribution in [3.05, 3.63) is 132 Å². The average molecular weight is 404 g/mol. The number of fused-ring (bicyclic) bond motifs is 1. The lowest BCUT2D eigenvalue weighted by molar-refractivity contribution is 0.309. The first-order valence-corrected chi connectivity index (χ1v) is 10.7. The summed E-state index contributed by atoms with van der Waals surface area (Å²) in [5.41, 5.74) is 8.72. The van der Waals surface area contributed by atoms with Crippen LogP contribution in [0.4, 0.5) is 0 Å². The molecule has 5 rings (SSSR count). The lowest BCUT2D eigenvalue weighted by Crippen LogP contribution is -2.00. The fraction of sp³-hybridized carbons (Fsp3) is 0.103. The first-order chi connectivity index (χ1) is 15.3. The van der Waals surface area contributed by atoms with Crippen LogP contribution in [-0.2, 0) is 13.0 Å². The average Bonchev–Trinajstić information content (AvgIpc) is 3.15. The summed E-state index contributed by atoms with van der Waals surface area (Å²) in [6.07, 6.45) is 3.01. The number of benzene rings is 3. The van der Waals surface area contributed by atoms with Crippen LogP contribution in [0.15, 0.2) is 109 Å². The highest BCUT2D eigenvalue weighted by molar-refractivity contribution is 5.69. The number of ether oxygens (including phenoxy) is 1. The van der Waals surface area contributed by atoms with E-state index in [9.17, 15) is 0 Å². The molecule has 0 aliphatic rings. The van der Waals surface area contributed by atoms with Gasteiger partial charge in [0.2, 0.25) is 0 Å². The number of hydrogen-bond donors (Lipinski definition) is 0. The van der Waals surface area contributed by atoms with Crippen LogP contribution in [0.1, 0.15) is 22.4 Å². The zero-order valence-electron chi connectivity index (χ0n) is 17.7. The number of pyridine rings is 1. The minimum absolute atomic E-state index is 0.566. The van der Waals surface area contributed by atoms with Gasteiger partial charge in [-0.25, -0.2) is 0 Å². The summed E-state index contributed by atoms with van der Waals surface area (Å²) in [6, 6.07) is 36.0. The van der Waals surface area contributed by atoms with Crippen LogP contribution in [-0.4, -0.2) is 4.40 Å². The van der Waals surface area contributed by atoms with Gasteiger partial charge in [-0.3, -0.25) is 0 Å². The van der Waals surface area contributed by atoms with Gasteiger partial charge in [0.1, 0.15) is 12.4 Å². The summed E-state index contributed by atoms with van der Waals surface area (Å²) in [5.74, 6) is 0.914. The predicted octanol–water partition coefficient (Wildman–Crippen LogP) is 7.08. The maximum absolute atomic E-state index is 6.20. The van der Waals surface area contributed by atoms with E-state index in [1.54, 1.807) is 0 Å². The summed E-state index contributed by atoms with van der Waals surface area (Å²) >= 11 is 0. The van der Waals surface area contributed by atoms with E-state index < -0.39 is 0 Å². The number of hydrogen-bond acceptors (Lipinski definition) is 1. The smallest absolute Gasteiger partial charge is 0.143 e. The Bertz CT molecular complexity index is 1300. The first kappa shape index (κ1) is 19.2. The Labute approximate surface area is 183 Å². The molecule has 31 heavy (non-hydrogen) atoms. The van der Waals surface area contributed by atoms with Gasteiger partial charge in [-0.1, -0.05) is 84.9 Å². The Morgan fingerprint density at radius 3 is 2.26 bits per heavy atom. The molecule has 0 amide bonds. The number of nitrogens with zero attached hydrogens (tertiary/aromatic N) is 1. The molecule has 2 heterocycles.